The van der Waals surface area contributed by atoms with Crippen molar-refractivity contribution in [1.82, 2.24) is 5.32 Å². The van der Waals surface area contributed by atoms with Gasteiger partial charge in [-0.25, -0.2) is 0 Å². The fourth-order valence-corrected chi connectivity index (χ4v) is 3.56. The van der Waals surface area contributed by atoms with E-state index in [0.717, 1.165) is 25.0 Å². The molecule has 1 fully saturated rings. The summed E-state index contributed by atoms with van der Waals surface area (Å²) in [4.78, 5) is 0. The number of hydrogen-bond donors (Lipinski definition) is 1. The summed E-state index contributed by atoms with van der Waals surface area (Å²) in [6.45, 7) is 4.98. The highest BCUT2D eigenvalue weighted by Gasteiger charge is 2.32. The number of nitrogens with one attached hydrogen (secondary N) is 1. The van der Waals surface area contributed by atoms with Crippen molar-refractivity contribution >= 4 is 0 Å². The fraction of sp³-hybridized carbons (Fsp3) is 0.667. The van der Waals surface area contributed by atoms with Crippen LogP contribution in [0.25, 0.3) is 0 Å². The predicted molar refractivity (Wildman–Crippen MR) is 84.9 cm³/mol. The molecule has 2 unspecified atom stereocenters. The first-order valence-electron chi connectivity index (χ1n) is 8.18. The van der Waals surface area contributed by atoms with Crippen molar-refractivity contribution in [2.45, 2.75) is 63.7 Å². The Morgan fingerprint density at radius 1 is 1.33 bits per heavy atom. The van der Waals surface area contributed by atoms with Crippen LogP contribution >= 0.6 is 0 Å². The SMILES string of the molecule is CNC1CCCc2cc(OCC3CCC(C)(C)O3)ccc21. The first-order chi connectivity index (χ1) is 10.1. The standard InChI is InChI=1S/C18H27NO2/c1-18(2)10-9-15(21-18)12-20-14-7-8-16-13(11-14)5-4-6-17(16)19-3/h7-8,11,15,17,19H,4-6,9-10,12H2,1-3H3. The molecule has 0 bridgehead atoms. The van der Waals surface area contributed by atoms with Gasteiger partial charge in [-0.1, -0.05) is 6.07 Å². The average Bonchev–Trinajstić information content (AvgIpc) is 2.83. The van der Waals surface area contributed by atoms with E-state index in [9.17, 15) is 0 Å². The van der Waals surface area contributed by atoms with Crippen LogP contribution in [0.15, 0.2) is 18.2 Å². The third-order valence-electron chi connectivity index (χ3n) is 4.77. The molecule has 21 heavy (non-hydrogen) atoms. The molecule has 1 aliphatic carbocycles. The molecule has 1 saturated heterocycles. The molecule has 0 amide bonds. The van der Waals surface area contributed by atoms with Gasteiger partial charge in [-0.3, -0.25) is 0 Å². The van der Waals surface area contributed by atoms with Gasteiger partial charge in [0.1, 0.15) is 12.4 Å². The number of hydrogen-bond acceptors (Lipinski definition) is 3. The van der Waals surface area contributed by atoms with Crippen LogP contribution in [0, 0.1) is 0 Å². The topological polar surface area (TPSA) is 30.5 Å². The molecule has 1 aromatic rings. The van der Waals surface area contributed by atoms with Crippen LogP contribution < -0.4 is 10.1 Å². The molecular weight excluding hydrogens is 262 g/mol. The zero-order chi connectivity index (χ0) is 14.9. The van der Waals surface area contributed by atoms with Crippen molar-refractivity contribution in [1.29, 1.82) is 0 Å². The zero-order valence-electron chi connectivity index (χ0n) is 13.4. The summed E-state index contributed by atoms with van der Waals surface area (Å²) < 4.78 is 12.0. The van der Waals surface area contributed by atoms with Gasteiger partial charge in [0.05, 0.1) is 11.7 Å². The van der Waals surface area contributed by atoms with E-state index >= 15 is 0 Å². The van der Waals surface area contributed by atoms with Crippen LogP contribution in [-0.2, 0) is 11.2 Å². The highest BCUT2D eigenvalue weighted by molar-refractivity contribution is 5.39. The monoisotopic (exact) mass is 289 g/mol. The fourth-order valence-electron chi connectivity index (χ4n) is 3.56. The third-order valence-corrected chi connectivity index (χ3v) is 4.77. The minimum absolute atomic E-state index is 0.0178. The summed E-state index contributed by atoms with van der Waals surface area (Å²) in [7, 11) is 2.05. The molecule has 1 aromatic carbocycles. The van der Waals surface area contributed by atoms with Crippen molar-refractivity contribution in [3.8, 4) is 5.75 Å². The van der Waals surface area contributed by atoms with E-state index in [-0.39, 0.29) is 11.7 Å². The van der Waals surface area contributed by atoms with Crippen LogP contribution in [-0.4, -0.2) is 25.4 Å². The maximum atomic E-state index is 5.98. The smallest absolute Gasteiger partial charge is 0.119 e. The summed E-state index contributed by atoms with van der Waals surface area (Å²) in [5, 5.41) is 3.40. The normalized spacial score (nSPS) is 27.4. The van der Waals surface area contributed by atoms with Gasteiger partial charge in [0.15, 0.2) is 0 Å². The van der Waals surface area contributed by atoms with Gasteiger partial charge in [-0.05, 0) is 76.3 Å². The van der Waals surface area contributed by atoms with Crippen LogP contribution in [0.1, 0.15) is 56.7 Å². The third kappa shape index (κ3) is 3.41. The Balaban J connectivity index is 1.62. The highest BCUT2D eigenvalue weighted by Crippen LogP contribution is 2.33. The molecule has 0 aromatic heterocycles. The average molecular weight is 289 g/mol. The zero-order valence-corrected chi connectivity index (χ0v) is 13.4. The summed E-state index contributed by atoms with van der Waals surface area (Å²) in [6.07, 6.45) is 6.10. The number of aryl methyl sites for hydroxylation is 1. The Hall–Kier alpha value is -1.06. The van der Waals surface area contributed by atoms with Gasteiger partial charge < -0.3 is 14.8 Å². The lowest BCUT2D eigenvalue weighted by molar-refractivity contribution is -0.0326. The van der Waals surface area contributed by atoms with Crippen LogP contribution in [0.4, 0.5) is 0 Å². The van der Waals surface area contributed by atoms with Gasteiger partial charge in [0.2, 0.25) is 0 Å². The highest BCUT2D eigenvalue weighted by atomic mass is 16.6. The largest absolute Gasteiger partial charge is 0.491 e. The number of fused-ring (bicyclic) bond motifs is 1. The molecule has 2 aliphatic rings. The van der Waals surface area contributed by atoms with Crippen molar-refractivity contribution in [2.24, 2.45) is 0 Å². The molecule has 3 rings (SSSR count). The summed E-state index contributed by atoms with van der Waals surface area (Å²) in [5.74, 6) is 0.985. The molecule has 1 N–H and O–H groups in total. The van der Waals surface area contributed by atoms with E-state index in [1.807, 2.05) is 7.05 Å². The molecule has 0 spiro atoms. The Bertz CT molecular complexity index is 498. The van der Waals surface area contributed by atoms with Crippen LogP contribution in [0.2, 0.25) is 0 Å². The Morgan fingerprint density at radius 3 is 2.90 bits per heavy atom. The lowest BCUT2D eigenvalue weighted by atomic mass is 9.87. The summed E-state index contributed by atoms with van der Waals surface area (Å²) >= 11 is 0. The van der Waals surface area contributed by atoms with Crippen LogP contribution in [0.5, 0.6) is 5.75 Å². The van der Waals surface area contributed by atoms with Gasteiger partial charge in [0, 0.05) is 6.04 Å². The second kappa shape index (κ2) is 5.98. The molecule has 1 aliphatic heterocycles. The Morgan fingerprint density at radius 2 is 2.19 bits per heavy atom. The molecule has 2 atom stereocenters. The summed E-state index contributed by atoms with van der Waals surface area (Å²) in [5.41, 5.74) is 2.89. The van der Waals surface area contributed by atoms with Gasteiger partial charge in [-0.2, -0.15) is 0 Å². The lowest BCUT2D eigenvalue weighted by Gasteiger charge is -2.26. The molecule has 3 nitrogen and oxygen atoms in total. The minimum Gasteiger partial charge on any atom is -0.491 e. The van der Waals surface area contributed by atoms with Crippen molar-refractivity contribution in [2.75, 3.05) is 13.7 Å². The predicted octanol–water partition coefficient (Wildman–Crippen LogP) is 3.62. The number of rotatable bonds is 4. The van der Waals surface area contributed by atoms with Crippen molar-refractivity contribution < 1.29 is 9.47 Å². The number of ether oxygens (including phenoxy) is 2. The van der Waals surface area contributed by atoms with E-state index in [1.165, 1.54) is 24.0 Å². The van der Waals surface area contributed by atoms with Gasteiger partial charge >= 0.3 is 0 Å². The quantitative estimate of drug-likeness (QED) is 0.918. The van der Waals surface area contributed by atoms with Crippen LogP contribution in [0.3, 0.4) is 0 Å². The van der Waals surface area contributed by atoms with E-state index in [4.69, 9.17) is 9.47 Å². The van der Waals surface area contributed by atoms with E-state index < -0.39 is 0 Å². The van der Waals surface area contributed by atoms with Crippen molar-refractivity contribution in [3.05, 3.63) is 29.3 Å². The Labute approximate surface area is 128 Å². The molecule has 3 heteroatoms. The maximum absolute atomic E-state index is 5.98. The number of benzene rings is 1. The van der Waals surface area contributed by atoms with Gasteiger partial charge in [0.25, 0.3) is 0 Å². The maximum Gasteiger partial charge on any atom is 0.119 e. The van der Waals surface area contributed by atoms with E-state index in [1.54, 1.807) is 0 Å². The molecule has 0 saturated carbocycles. The minimum atomic E-state index is 0.0178. The second-order valence-electron chi connectivity index (χ2n) is 6.94. The first-order valence-corrected chi connectivity index (χ1v) is 8.18. The lowest BCUT2D eigenvalue weighted by Crippen LogP contribution is -2.24. The van der Waals surface area contributed by atoms with E-state index in [0.29, 0.717) is 12.6 Å². The molecule has 0 radical (unpaired) electrons. The Kier molecular flexibility index (Phi) is 4.23. The van der Waals surface area contributed by atoms with E-state index in [2.05, 4.69) is 37.4 Å². The molecular formula is C18H27NO2. The molecule has 116 valence electrons. The van der Waals surface area contributed by atoms with Gasteiger partial charge in [-0.15, -0.1) is 0 Å². The summed E-state index contributed by atoms with van der Waals surface area (Å²) in [6, 6.07) is 7.06. The second-order valence-corrected chi connectivity index (χ2v) is 6.94. The first kappa shape index (κ1) is 14.9. The van der Waals surface area contributed by atoms with Crippen molar-refractivity contribution in [3.63, 3.8) is 0 Å². The molecule has 1 heterocycles.